The van der Waals surface area contributed by atoms with Crippen LogP contribution < -0.4 is 0 Å². The summed E-state index contributed by atoms with van der Waals surface area (Å²) in [5, 5.41) is 0. The van der Waals surface area contributed by atoms with Crippen molar-refractivity contribution < 1.29 is 4.39 Å². The van der Waals surface area contributed by atoms with Gasteiger partial charge < -0.3 is 0 Å². The van der Waals surface area contributed by atoms with Crippen LogP contribution >= 0.6 is 33.2 Å². The monoisotopic (exact) mass is 362 g/mol. The first-order chi connectivity index (χ1) is 9.41. The Hall–Kier alpha value is 1.02. The van der Waals surface area contributed by atoms with Gasteiger partial charge in [0.2, 0.25) is 0 Å². The Morgan fingerprint density at radius 2 is 1.35 bits per heavy atom. The van der Waals surface area contributed by atoms with Gasteiger partial charge in [-0.3, -0.25) is 0 Å². The molecule has 0 aliphatic rings. The van der Waals surface area contributed by atoms with Gasteiger partial charge in [0.15, 0.2) is 0 Å². The lowest BCUT2D eigenvalue weighted by atomic mass is 9.93. The largest absolute Gasteiger partial charge is 0.374 e. The van der Waals surface area contributed by atoms with E-state index >= 15 is 0 Å². The summed E-state index contributed by atoms with van der Waals surface area (Å²) in [6.45, 7) is 4.37. The molecule has 0 aromatic carbocycles. The third-order valence-corrected chi connectivity index (χ3v) is 6.89. The Morgan fingerprint density at radius 1 is 0.800 bits per heavy atom. The topological polar surface area (TPSA) is 0 Å². The Balaban J connectivity index is 3.80. The van der Waals surface area contributed by atoms with E-state index < -0.39 is 11.8 Å². The number of hydrogen-bond acceptors (Lipinski definition) is 0. The van der Waals surface area contributed by atoms with Gasteiger partial charge in [-0.15, -0.1) is 33.2 Å². The maximum absolute atomic E-state index is 13.9. The quantitative estimate of drug-likeness (QED) is 0.181. The molecular formula is C15H30Cl3FSi. The van der Waals surface area contributed by atoms with E-state index in [4.69, 9.17) is 33.2 Å². The van der Waals surface area contributed by atoms with Gasteiger partial charge in [0.25, 0.3) is 0 Å². The van der Waals surface area contributed by atoms with E-state index in [1.807, 2.05) is 0 Å². The molecule has 0 saturated carbocycles. The van der Waals surface area contributed by atoms with Gasteiger partial charge in [-0.1, -0.05) is 78.1 Å². The third-order valence-electron chi connectivity index (χ3n) is 3.81. The summed E-state index contributed by atoms with van der Waals surface area (Å²) in [4.78, 5) is 0. The van der Waals surface area contributed by atoms with Crippen molar-refractivity contribution in [1.29, 1.82) is 0 Å². The Morgan fingerprint density at radius 3 is 1.85 bits per heavy atom. The summed E-state index contributed by atoms with van der Waals surface area (Å²) in [6.07, 6.45) is 12.7. The first-order valence-corrected chi connectivity index (χ1v) is 13.2. The van der Waals surface area contributed by atoms with Gasteiger partial charge in [-0.05, 0) is 12.3 Å². The highest BCUT2D eigenvalue weighted by Crippen LogP contribution is 2.33. The second-order valence-electron chi connectivity index (χ2n) is 5.81. The van der Waals surface area contributed by atoms with Gasteiger partial charge >= 0.3 is 6.00 Å². The van der Waals surface area contributed by atoms with Gasteiger partial charge in [0, 0.05) is 0 Å². The van der Waals surface area contributed by atoms with Crippen molar-refractivity contribution in [2.45, 2.75) is 90.3 Å². The molecule has 0 aromatic heterocycles. The standard InChI is InChI=1S/C15H30Cl3FSi/c1-3-5-6-7-8-9-10-12-14(11-4-2)13-15(19)20(16,17)18/h14-15H,3-13H2,1-2H3. The lowest BCUT2D eigenvalue weighted by Gasteiger charge is -2.21. The number of halogens is 4. The fourth-order valence-corrected chi connectivity index (χ4v) is 4.01. The molecule has 0 amide bonds. The molecule has 0 nitrogen and oxygen atoms in total. The minimum atomic E-state index is -3.17. The summed E-state index contributed by atoms with van der Waals surface area (Å²) >= 11 is 17.3. The van der Waals surface area contributed by atoms with E-state index in [9.17, 15) is 4.39 Å². The molecule has 0 fully saturated rings. The van der Waals surface area contributed by atoms with Crippen LogP contribution in [-0.4, -0.2) is 11.8 Å². The highest BCUT2D eigenvalue weighted by molar-refractivity contribution is 7.65. The van der Waals surface area contributed by atoms with Crippen molar-refractivity contribution in [1.82, 2.24) is 0 Å². The molecule has 0 rings (SSSR count). The van der Waals surface area contributed by atoms with Crippen LogP contribution in [0.25, 0.3) is 0 Å². The molecule has 5 heteroatoms. The summed E-state index contributed by atoms with van der Waals surface area (Å²) in [6, 6.07) is -3.17. The molecule has 0 aliphatic heterocycles. The molecule has 0 spiro atoms. The third kappa shape index (κ3) is 11.7. The zero-order valence-electron chi connectivity index (χ0n) is 12.9. The Kier molecular flexibility index (Phi) is 13.2. The van der Waals surface area contributed by atoms with Crippen molar-refractivity contribution >= 4 is 39.2 Å². The number of alkyl halides is 1. The van der Waals surface area contributed by atoms with Crippen LogP contribution in [0.5, 0.6) is 0 Å². The van der Waals surface area contributed by atoms with Gasteiger partial charge in [0.05, 0.1) is 0 Å². The van der Waals surface area contributed by atoms with Gasteiger partial charge in [-0.25, -0.2) is 4.39 Å². The molecule has 0 heterocycles. The predicted octanol–water partition coefficient (Wildman–Crippen LogP) is 7.47. The van der Waals surface area contributed by atoms with Crippen molar-refractivity contribution in [3.05, 3.63) is 0 Å². The Bertz CT molecular complexity index is 222. The molecule has 0 aromatic rings. The predicted molar refractivity (Wildman–Crippen MR) is 93.8 cm³/mol. The average Bonchev–Trinajstić information content (AvgIpc) is 2.36. The van der Waals surface area contributed by atoms with Crippen molar-refractivity contribution in [2.24, 2.45) is 5.92 Å². The number of rotatable bonds is 13. The molecule has 0 aliphatic carbocycles. The van der Waals surface area contributed by atoms with E-state index in [0.717, 1.165) is 19.3 Å². The molecule has 0 N–H and O–H groups in total. The second-order valence-corrected chi connectivity index (χ2v) is 14.6. The first kappa shape index (κ1) is 21.0. The molecule has 2 unspecified atom stereocenters. The minimum Gasteiger partial charge on any atom is -0.247 e. The van der Waals surface area contributed by atoms with Gasteiger partial charge in [0.1, 0.15) is 5.79 Å². The zero-order valence-corrected chi connectivity index (χ0v) is 16.2. The van der Waals surface area contributed by atoms with E-state index in [-0.39, 0.29) is 0 Å². The second kappa shape index (κ2) is 12.5. The number of hydrogen-bond donors (Lipinski definition) is 0. The van der Waals surface area contributed by atoms with Crippen LogP contribution in [0.2, 0.25) is 0 Å². The van der Waals surface area contributed by atoms with Crippen molar-refractivity contribution in [3.8, 4) is 0 Å². The molecule has 0 radical (unpaired) electrons. The SMILES string of the molecule is CCCCCCCCCC(CCC)CC(F)[Si](Cl)(Cl)Cl. The number of unbranched alkanes of at least 4 members (excludes halogenated alkanes) is 6. The fraction of sp³-hybridized carbons (Fsp3) is 1.00. The fourth-order valence-electron chi connectivity index (χ4n) is 2.60. The maximum atomic E-state index is 13.9. The van der Waals surface area contributed by atoms with Crippen molar-refractivity contribution in [3.63, 3.8) is 0 Å². The Labute approximate surface area is 139 Å². The lowest BCUT2D eigenvalue weighted by molar-refractivity contribution is 0.310. The normalized spacial score (nSPS) is 15.3. The maximum Gasteiger partial charge on any atom is 0.374 e. The summed E-state index contributed by atoms with van der Waals surface area (Å²) in [7, 11) is 0. The van der Waals surface area contributed by atoms with Crippen LogP contribution in [0.4, 0.5) is 4.39 Å². The van der Waals surface area contributed by atoms with Crippen molar-refractivity contribution in [2.75, 3.05) is 0 Å². The lowest BCUT2D eigenvalue weighted by Crippen LogP contribution is -2.29. The highest BCUT2D eigenvalue weighted by Gasteiger charge is 2.38. The van der Waals surface area contributed by atoms with E-state index in [2.05, 4.69) is 13.8 Å². The summed E-state index contributed by atoms with van der Waals surface area (Å²) in [5.74, 6) is -0.831. The van der Waals surface area contributed by atoms with E-state index in [0.29, 0.717) is 12.3 Å². The minimum absolute atomic E-state index is 0.383. The molecule has 0 saturated heterocycles. The molecule has 2 atom stereocenters. The van der Waals surface area contributed by atoms with E-state index in [1.54, 1.807) is 0 Å². The van der Waals surface area contributed by atoms with Gasteiger partial charge in [-0.2, -0.15) is 0 Å². The van der Waals surface area contributed by atoms with Crippen LogP contribution in [-0.2, 0) is 0 Å². The summed E-state index contributed by atoms with van der Waals surface area (Å²) in [5.41, 5.74) is 0. The zero-order chi connectivity index (χ0) is 15.4. The van der Waals surface area contributed by atoms with Crippen LogP contribution in [0.15, 0.2) is 0 Å². The highest BCUT2D eigenvalue weighted by atomic mass is 35.8. The van der Waals surface area contributed by atoms with Crippen LogP contribution in [0.1, 0.15) is 84.5 Å². The molecule has 0 bridgehead atoms. The molecular weight excluding hydrogens is 334 g/mol. The van der Waals surface area contributed by atoms with E-state index in [1.165, 1.54) is 44.9 Å². The molecule has 20 heavy (non-hydrogen) atoms. The smallest absolute Gasteiger partial charge is 0.247 e. The summed E-state index contributed by atoms with van der Waals surface area (Å²) < 4.78 is 13.9. The van der Waals surface area contributed by atoms with Crippen LogP contribution in [0, 0.1) is 5.92 Å². The molecule has 122 valence electrons. The first-order valence-electron chi connectivity index (χ1n) is 8.12. The van der Waals surface area contributed by atoms with Crippen LogP contribution in [0.3, 0.4) is 0 Å². The average molecular weight is 364 g/mol.